The molecule has 3 N–H and O–H groups in total. The third-order valence-electron chi connectivity index (χ3n) is 4.44. The predicted molar refractivity (Wildman–Crippen MR) is 109 cm³/mol. The van der Waals surface area contributed by atoms with Gasteiger partial charge in [-0.15, -0.1) is 0 Å². The highest BCUT2D eigenvalue weighted by molar-refractivity contribution is 5.96. The monoisotopic (exact) mass is 383 g/mol. The maximum atomic E-state index is 12.3. The number of aromatic nitrogens is 4. The summed E-state index contributed by atoms with van der Waals surface area (Å²) in [5.74, 6) is -0.0949. The molecular formula is C21H17N7O. The van der Waals surface area contributed by atoms with Crippen molar-refractivity contribution in [2.75, 3.05) is 12.3 Å². The molecule has 3 aromatic heterocycles. The SMILES string of the molecule is CCNC(=O)c1cn2c(N)nc(-c3cccc(C#N)c3)c(-c3ccncc3)c2n1. The van der Waals surface area contributed by atoms with E-state index in [0.29, 0.717) is 29.0 Å². The molecule has 8 nitrogen and oxygen atoms in total. The number of hydrogen-bond acceptors (Lipinski definition) is 6. The van der Waals surface area contributed by atoms with Crippen LogP contribution in [-0.4, -0.2) is 31.8 Å². The van der Waals surface area contributed by atoms with Gasteiger partial charge in [-0.1, -0.05) is 12.1 Å². The molecule has 0 spiro atoms. The second-order valence-electron chi connectivity index (χ2n) is 6.30. The zero-order valence-corrected chi connectivity index (χ0v) is 15.6. The summed E-state index contributed by atoms with van der Waals surface area (Å²) in [5.41, 5.74) is 10.3. The van der Waals surface area contributed by atoms with Gasteiger partial charge in [0.15, 0.2) is 5.65 Å². The van der Waals surface area contributed by atoms with Crippen molar-refractivity contribution in [3.05, 3.63) is 66.2 Å². The maximum absolute atomic E-state index is 12.3. The summed E-state index contributed by atoms with van der Waals surface area (Å²) in [6.45, 7) is 2.33. The lowest BCUT2D eigenvalue weighted by atomic mass is 9.99. The fourth-order valence-electron chi connectivity index (χ4n) is 3.15. The number of nitrogens with zero attached hydrogens (tertiary/aromatic N) is 5. The summed E-state index contributed by atoms with van der Waals surface area (Å²) < 4.78 is 1.60. The Hall–Kier alpha value is -4.25. The minimum absolute atomic E-state index is 0.193. The van der Waals surface area contributed by atoms with E-state index in [9.17, 15) is 10.1 Å². The average molecular weight is 383 g/mol. The third-order valence-corrected chi connectivity index (χ3v) is 4.44. The van der Waals surface area contributed by atoms with Gasteiger partial charge >= 0.3 is 0 Å². The number of hydrogen-bond donors (Lipinski definition) is 2. The first kappa shape index (κ1) is 18.1. The van der Waals surface area contributed by atoms with Crippen LogP contribution in [-0.2, 0) is 0 Å². The smallest absolute Gasteiger partial charge is 0.271 e. The number of pyridine rings is 1. The molecule has 0 aliphatic carbocycles. The maximum Gasteiger partial charge on any atom is 0.271 e. The number of benzene rings is 1. The number of anilines is 1. The standard InChI is InChI=1S/C21H17N7O/c1-2-25-20(29)16-12-28-19(26-16)17(14-6-8-24-9-7-14)18(27-21(28)23)15-5-3-4-13(10-15)11-22/h3-10,12H,2H2,1H3,(H2,23,27)(H,25,29). The topological polar surface area (TPSA) is 122 Å². The van der Waals surface area contributed by atoms with E-state index in [1.807, 2.05) is 25.1 Å². The minimum Gasteiger partial charge on any atom is -0.369 e. The van der Waals surface area contributed by atoms with Crippen molar-refractivity contribution in [1.82, 2.24) is 24.7 Å². The van der Waals surface area contributed by atoms with E-state index in [0.717, 1.165) is 11.1 Å². The van der Waals surface area contributed by atoms with Crippen LogP contribution in [0.4, 0.5) is 5.95 Å². The zero-order chi connectivity index (χ0) is 20.4. The second-order valence-corrected chi connectivity index (χ2v) is 6.30. The molecule has 8 heteroatoms. The molecule has 0 atom stereocenters. The van der Waals surface area contributed by atoms with E-state index in [-0.39, 0.29) is 17.5 Å². The highest BCUT2D eigenvalue weighted by atomic mass is 16.1. The Bertz CT molecular complexity index is 1260. The van der Waals surface area contributed by atoms with Crippen LogP contribution in [0, 0.1) is 11.3 Å². The van der Waals surface area contributed by atoms with Crippen LogP contribution in [0.3, 0.4) is 0 Å². The summed E-state index contributed by atoms with van der Waals surface area (Å²) in [6.07, 6.45) is 4.92. The van der Waals surface area contributed by atoms with Crippen molar-refractivity contribution in [2.24, 2.45) is 0 Å². The van der Waals surface area contributed by atoms with Crippen molar-refractivity contribution in [1.29, 1.82) is 5.26 Å². The van der Waals surface area contributed by atoms with Crippen LogP contribution >= 0.6 is 0 Å². The molecule has 0 unspecified atom stereocenters. The summed E-state index contributed by atoms with van der Waals surface area (Å²) in [4.78, 5) is 25.5. The Morgan fingerprint density at radius 1 is 1.21 bits per heavy atom. The predicted octanol–water partition coefficient (Wildman–Crippen LogP) is 2.66. The van der Waals surface area contributed by atoms with Gasteiger partial charge < -0.3 is 11.1 Å². The number of carbonyl (C=O) groups is 1. The van der Waals surface area contributed by atoms with Crippen LogP contribution in [0.15, 0.2) is 55.0 Å². The molecule has 29 heavy (non-hydrogen) atoms. The molecule has 4 rings (SSSR count). The molecule has 0 fully saturated rings. The number of fused-ring (bicyclic) bond motifs is 1. The second kappa shape index (κ2) is 7.40. The Labute approximate surface area is 166 Å². The lowest BCUT2D eigenvalue weighted by molar-refractivity contribution is 0.0951. The van der Waals surface area contributed by atoms with Gasteiger partial charge in [0, 0.05) is 30.7 Å². The fourth-order valence-corrected chi connectivity index (χ4v) is 3.15. The van der Waals surface area contributed by atoms with Crippen molar-refractivity contribution < 1.29 is 4.79 Å². The van der Waals surface area contributed by atoms with Crippen LogP contribution in [0.5, 0.6) is 0 Å². The Balaban J connectivity index is 2.05. The largest absolute Gasteiger partial charge is 0.369 e. The molecule has 142 valence electrons. The first-order valence-corrected chi connectivity index (χ1v) is 9.00. The molecular weight excluding hydrogens is 366 g/mol. The number of rotatable bonds is 4. The highest BCUT2D eigenvalue weighted by Gasteiger charge is 2.20. The molecule has 1 aromatic carbocycles. The minimum atomic E-state index is -0.288. The molecule has 0 saturated heterocycles. The van der Waals surface area contributed by atoms with Gasteiger partial charge in [0.05, 0.1) is 22.9 Å². The molecule has 0 saturated carbocycles. The summed E-state index contributed by atoms with van der Waals surface area (Å²) >= 11 is 0. The fraction of sp³-hybridized carbons (Fsp3) is 0.0952. The van der Waals surface area contributed by atoms with Crippen molar-refractivity contribution in [3.8, 4) is 28.5 Å². The van der Waals surface area contributed by atoms with E-state index in [1.54, 1.807) is 41.2 Å². The molecule has 3 heterocycles. The molecule has 0 bridgehead atoms. The van der Waals surface area contributed by atoms with Crippen LogP contribution < -0.4 is 11.1 Å². The molecule has 4 aromatic rings. The van der Waals surface area contributed by atoms with Crippen LogP contribution in [0.25, 0.3) is 28.0 Å². The van der Waals surface area contributed by atoms with E-state index in [4.69, 9.17) is 5.73 Å². The summed E-state index contributed by atoms with van der Waals surface area (Å²) in [6, 6.07) is 12.9. The van der Waals surface area contributed by atoms with Gasteiger partial charge in [-0.3, -0.25) is 14.2 Å². The van der Waals surface area contributed by atoms with Crippen molar-refractivity contribution in [2.45, 2.75) is 6.92 Å². The van der Waals surface area contributed by atoms with Crippen molar-refractivity contribution >= 4 is 17.5 Å². The van der Waals surface area contributed by atoms with Gasteiger partial charge in [-0.25, -0.2) is 9.97 Å². The number of imidazole rings is 1. The van der Waals surface area contributed by atoms with Gasteiger partial charge in [0.2, 0.25) is 5.95 Å². The number of nitrogens with one attached hydrogen (secondary N) is 1. The number of nitriles is 1. The molecule has 0 aliphatic rings. The van der Waals surface area contributed by atoms with E-state index < -0.39 is 0 Å². The van der Waals surface area contributed by atoms with E-state index >= 15 is 0 Å². The van der Waals surface area contributed by atoms with E-state index in [1.165, 1.54) is 0 Å². The lowest BCUT2D eigenvalue weighted by Crippen LogP contribution is -2.22. The molecule has 0 radical (unpaired) electrons. The van der Waals surface area contributed by atoms with Gasteiger partial charge in [-0.2, -0.15) is 5.26 Å². The van der Waals surface area contributed by atoms with Gasteiger partial charge in [-0.05, 0) is 36.8 Å². The summed E-state index contributed by atoms with van der Waals surface area (Å²) in [5, 5.41) is 12.0. The van der Waals surface area contributed by atoms with Crippen molar-refractivity contribution in [3.63, 3.8) is 0 Å². The third kappa shape index (κ3) is 3.26. The number of nitrogens with two attached hydrogens (primary N) is 1. The number of amides is 1. The molecule has 0 aliphatic heterocycles. The Kier molecular flexibility index (Phi) is 4.63. The average Bonchev–Trinajstić information content (AvgIpc) is 3.20. The lowest BCUT2D eigenvalue weighted by Gasteiger charge is -2.12. The highest BCUT2D eigenvalue weighted by Crippen LogP contribution is 2.35. The van der Waals surface area contributed by atoms with Crippen LogP contribution in [0.2, 0.25) is 0 Å². The normalized spacial score (nSPS) is 10.6. The summed E-state index contributed by atoms with van der Waals surface area (Å²) in [7, 11) is 0. The van der Waals surface area contributed by atoms with E-state index in [2.05, 4.69) is 26.3 Å². The Morgan fingerprint density at radius 2 is 2.00 bits per heavy atom. The number of nitrogen functional groups attached to an aromatic ring is 1. The number of carbonyl (C=O) groups excluding carboxylic acids is 1. The zero-order valence-electron chi connectivity index (χ0n) is 15.6. The first-order valence-electron chi connectivity index (χ1n) is 9.00. The van der Waals surface area contributed by atoms with Gasteiger partial charge in [0.25, 0.3) is 5.91 Å². The Morgan fingerprint density at radius 3 is 2.72 bits per heavy atom. The molecule has 1 amide bonds. The van der Waals surface area contributed by atoms with Gasteiger partial charge in [0.1, 0.15) is 5.69 Å². The quantitative estimate of drug-likeness (QED) is 0.559. The van der Waals surface area contributed by atoms with Crippen LogP contribution in [0.1, 0.15) is 23.0 Å². The first-order chi connectivity index (χ1) is 14.1.